The van der Waals surface area contributed by atoms with Gasteiger partial charge in [-0.3, -0.25) is 9.89 Å². The highest BCUT2D eigenvalue weighted by Crippen LogP contribution is 2.44. The van der Waals surface area contributed by atoms with Crippen molar-refractivity contribution in [2.24, 2.45) is 4.99 Å². The maximum Gasteiger partial charge on any atom is 0.191 e. The molecule has 142 valence electrons. The highest BCUT2D eigenvalue weighted by molar-refractivity contribution is 6.31. The number of hydrogen-bond acceptors (Lipinski definition) is 2. The Morgan fingerprint density at radius 2 is 2.08 bits per heavy atom. The molecule has 2 atom stereocenters. The number of rotatable bonds is 5. The third kappa shape index (κ3) is 4.77. The highest BCUT2D eigenvalue weighted by Gasteiger charge is 2.42. The van der Waals surface area contributed by atoms with E-state index < -0.39 is 0 Å². The second kappa shape index (κ2) is 8.40. The van der Waals surface area contributed by atoms with Gasteiger partial charge >= 0.3 is 0 Å². The van der Waals surface area contributed by atoms with E-state index in [9.17, 15) is 4.39 Å². The molecule has 2 unspecified atom stereocenters. The van der Waals surface area contributed by atoms with Gasteiger partial charge < -0.3 is 10.6 Å². The van der Waals surface area contributed by atoms with E-state index in [2.05, 4.69) is 34.0 Å². The fraction of sp³-hybridized carbons (Fsp3) is 0.550. The zero-order valence-electron chi connectivity index (χ0n) is 15.6. The molecule has 1 saturated carbocycles. The van der Waals surface area contributed by atoms with E-state index in [4.69, 9.17) is 11.6 Å². The molecule has 0 radical (unpaired) electrons. The van der Waals surface area contributed by atoms with E-state index in [1.807, 2.05) is 0 Å². The molecule has 1 saturated heterocycles. The number of halogens is 2. The van der Waals surface area contributed by atoms with Crippen LogP contribution in [0.5, 0.6) is 0 Å². The lowest BCUT2D eigenvalue weighted by Crippen LogP contribution is -2.49. The van der Waals surface area contributed by atoms with Crippen LogP contribution in [0.2, 0.25) is 5.02 Å². The Morgan fingerprint density at radius 1 is 1.35 bits per heavy atom. The van der Waals surface area contributed by atoms with Crippen LogP contribution in [0.15, 0.2) is 35.3 Å². The van der Waals surface area contributed by atoms with Crippen LogP contribution in [0.4, 0.5) is 4.39 Å². The van der Waals surface area contributed by atoms with Crippen LogP contribution in [0.3, 0.4) is 0 Å². The quantitative estimate of drug-likeness (QED) is 0.467. The predicted molar refractivity (Wildman–Crippen MR) is 106 cm³/mol. The molecule has 1 aliphatic heterocycles. The van der Waals surface area contributed by atoms with Crippen molar-refractivity contribution in [3.8, 4) is 0 Å². The minimum Gasteiger partial charge on any atom is -0.354 e. The van der Waals surface area contributed by atoms with Crippen molar-refractivity contribution in [3.05, 3.63) is 46.8 Å². The maximum atomic E-state index is 14.1. The highest BCUT2D eigenvalue weighted by atomic mass is 35.5. The Labute approximate surface area is 160 Å². The molecular weight excluding hydrogens is 351 g/mol. The Hall–Kier alpha value is -1.59. The van der Waals surface area contributed by atoms with Crippen LogP contribution >= 0.6 is 11.6 Å². The van der Waals surface area contributed by atoms with Gasteiger partial charge in [-0.05, 0) is 38.3 Å². The van der Waals surface area contributed by atoms with Gasteiger partial charge in [0.25, 0.3) is 0 Å². The van der Waals surface area contributed by atoms with Gasteiger partial charge in [-0.2, -0.15) is 0 Å². The van der Waals surface area contributed by atoms with Crippen LogP contribution in [-0.4, -0.2) is 49.6 Å². The third-order valence-electron chi connectivity index (χ3n) is 5.13. The van der Waals surface area contributed by atoms with Gasteiger partial charge in [0.05, 0.1) is 0 Å². The van der Waals surface area contributed by atoms with E-state index >= 15 is 0 Å². The number of piperidine rings is 1. The largest absolute Gasteiger partial charge is 0.354 e. The maximum absolute atomic E-state index is 14.1. The van der Waals surface area contributed by atoms with Crippen molar-refractivity contribution < 1.29 is 4.39 Å². The van der Waals surface area contributed by atoms with E-state index in [1.165, 1.54) is 11.6 Å². The van der Waals surface area contributed by atoms with E-state index in [0.717, 1.165) is 44.9 Å². The Kier molecular flexibility index (Phi) is 6.20. The SMILES string of the molecule is C=C(C)CN1CCC(NC(=NC)NC2CC2c2c(F)cccc2Cl)CC1. The molecule has 0 spiro atoms. The molecule has 1 aromatic rings. The molecule has 6 heteroatoms. The van der Waals surface area contributed by atoms with Crippen LogP contribution in [0, 0.1) is 5.82 Å². The number of aliphatic imine (C=N–C) groups is 1. The van der Waals surface area contributed by atoms with Crippen molar-refractivity contribution in [2.75, 3.05) is 26.7 Å². The average molecular weight is 379 g/mol. The topological polar surface area (TPSA) is 39.7 Å². The zero-order valence-corrected chi connectivity index (χ0v) is 16.3. The summed E-state index contributed by atoms with van der Waals surface area (Å²) in [7, 11) is 1.78. The van der Waals surface area contributed by atoms with Crippen LogP contribution in [-0.2, 0) is 0 Å². The van der Waals surface area contributed by atoms with E-state index in [-0.39, 0.29) is 17.8 Å². The first-order valence-electron chi connectivity index (χ1n) is 9.28. The lowest BCUT2D eigenvalue weighted by molar-refractivity contribution is 0.221. The second-order valence-corrected chi connectivity index (χ2v) is 7.86. The average Bonchev–Trinajstić information content (AvgIpc) is 3.34. The van der Waals surface area contributed by atoms with Gasteiger partial charge in [0.15, 0.2) is 5.96 Å². The molecule has 1 aliphatic carbocycles. The Balaban J connectivity index is 1.49. The number of hydrogen-bond donors (Lipinski definition) is 2. The molecule has 1 heterocycles. The van der Waals surface area contributed by atoms with Crippen molar-refractivity contribution in [1.82, 2.24) is 15.5 Å². The van der Waals surface area contributed by atoms with Crippen molar-refractivity contribution in [1.29, 1.82) is 0 Å². The smallest absolute Gasteiger partial charge is 0.191 e. The summed E-state index contributed by atoms with van der Waals surface area (Å²) in [6, 6.07) is 5.46. The molecule has 0 amide bonds. The number of guanidine groups is 1. The van der Waals surface area contributed by atoms with Crippen molar-refractivity contribution in [3.63, 3.8) is 0 Å². The summed E-state index contributed by atoms with van der Waals surface area (Å²) < 4.78 is 14.1. The summed E-state index contributed by atoms with van der Waals surface area (Å²) in [5, 5.41) is 7.44. The summed E-state index contributed by atoms with van der Waals surface area (Å²) in [5.41, 5.74) is 1.83. The second-order valence-electron chi connectivity index (χ2n) is 7.45. The molecular formula is C20H28ClFN4. The number of benzene rings is 1. The van der Waals surface area contributed by atoms with Gasteiger partial charge in [-0.15, -0.1) is 0 Å². The summed E-state index contributed by atoms with van der Waals surface area (Å²) in [6.45, 7) is 9.18. The van der Waals surface area contributed by atoms with Gasteiger partial charge in [-0.25, -0.2) is 4.39 Å². The molecule has 2 aliphatic rings. The lowest BCUT2D eigenvalue weighted by Gasteiger charge is -2.33. The van der Waals surface area contributed by atoms with E-state index in [0.29, 0.717) is 16.6 Å². The van der Waals surface area contributed by atoms with Crippen LogP contribution in [0.25, 0.3) is 0 Å². The summed E-state index contributed by atoms with van der Waals surface area (Å²) in [4.78, 5) is 6.78. The first kappa shape index (κ1) is 19.2. The molecule has 2 fully saturated rings. The van der Waals surface area contributed by atoms with Gasteiger partial charge in [0.2, 0.25) is 0 Å². The lowest BCUT2D eigenvalue weighted by atomic mass is 10.0. The van der Waals surface area contributed by atoms with Crippen molar-refractivity contribution in [2.45, 2.75) is 44.2 Å². The normalized spacial score (nSPS) is 24.4. The van der Waals surface area contributed by atoms with E-state index in [1.54, 1.807) is 19.2 Å². The fourth-order valence-electron chi connectivity index (χ4n) is 3.70. The molecule has 2 N–H and O–H groups in total. The minimum absolute atomic E-state index is 0.111. The van der Waals surface area contributed by atoms with Crippen LogP contribution < -0.4 is 10.6 Å². The molecule has 0 aromatic heterocycles. The summed E-state index contributed by atoms with van der Waals surface area (Å²) in [6.07, 6.45) is 3.04. The molecule has 0 bridgehead atoms. The third-order valence-corrected chi connectivity index (χ3v) is 5.46. The van der Waals surface area contributed by atoms with Gasteiger partial charge in [0.1, 0.15) is 5.82 Å². The fourth-order valence-corrected chi connectivity index (χ4v) is 4.00. The zero-order chi connectivity index (χ0) is 18.7. The molecule has 3 rings (SSSR count). The first-order chi connectivity index (χ1) is 12.5. The number of likely N-dealkylation sites (tertiary alicyclic amines) is 1. The standard InChI is InChI=1S/C20H28ClFN4/c1-13(2)12-26-9-7-14(8-10-26)24-20(23-3)25-18-11-15(18)19-16(21)5-4-6-17(19)22/h4-6,14-15,18H,1,7-12H2,2-3H3,(H2,23,24,25). The first-order valence-corrected chi connectivity index (χ1v) is 9.66. The molecule has 26 heavy (non-hydrogen) atoms. The Morgan fingerprint density at radius 3 is 2.69 bits per heavy atom. The number of nitrogens with one attached hydrogen (secondary N) is 2. The monoisotopic (exact) mass is 378 g/mol. The van der Waals surface area contributed by atoms with Gasteiger partial charge in [-0.1, -0.05) is 29.8 Å². The van der Waals surface area contributed by atoms with Crippen molar-refractivity contribution >= 4 is 17.6 Å². The number of nitrogens with zero attached hydrogens (tertiary/aromatic N) is 2. The summed E-state index contributed by atoms with van der Waals surface area (Å²) >= 11 is 6.18. The Bertz CT molecular complexity index is 662. The summed E-state index contributed by atoms with van der Waals surface area (Å²) in [5.74, 6) is 0.683. The minimum atomic E-state index is -0.223. The predicted octanol–water partition coefficient (Wildman–Crippen LogP) is 3.54. The van der Waals surface area contributed by atoms with Gasteiger partial charge in [0, 0.05) is 55.3 Å². The molecule has 4 nitrogen and oxygen atoms in total. The molecule has 1 aromatic carbocycles. The van der Waals surface area contributed by atoms with Crippen LogP contribution in [0.1, 0.15) is 37.7 Å².